The molecule has 6 rings (SSSR count). The molecule has 2 atom stereocenters. The van der Waals surface area contributed by atoms with Gasteiger partial charge in [0.25, 0.3) is 17.7 Å². The third kappa shape index (κ3) is 6.19. The smallest absolute Gasteiger partial charge is 0.258 e. The average Bonchev–Trinajstić information content (AvgIpc) is 3.36. The summed E-state index contributed by atoms with van der Waals surface area (Å²) < 4.78 is 17.3. The minimum absolute atomic E-state index is 0.0744. The summed E-state index contributed by atoms with van der Waals surface area (Å²) in [6.45, 7) is 4.26. The first-order valence-electron chi connectivity index (χ1n) is 13.4. The number of benzene rings is 2. The third-order valence-corrected chi connectivity index (χ3v) is 7.11. The van der Waals surface area contributed by atoms with Crippen molar-refractivity contribution in [3.63, 3.8) is 0 Å². The summed E-state index contributed by atoms with van der Waals surface area (Å²) in [5.74, 6) is 0.126. The maximum atomic E-state index is 13.7. The van der Waals surface area contributed by atoms with E-state index in [0.29, 0.717) is 34.9 Å². The third-order valence-electron chi connectivity index (χ3n) is 7.11. The second kappa shape index (κ2) is 11.7. The van der Waals surface area contributed by atoms with Crippen LogP contribution in [-0.2, 0) is 11.3 Å². The summed E-state index contributed by atoms with van der Waals surface area (Å²) in [4.78, 5) is 55.8. The van der Waals surface area contributed by atoms with E-state index in [1.165, 1.54) is 19.2 Å². The molecular formula is C30H32N4O7. The fourth-order valence-electron chi connectivity index (χ4n) is 4.94. The van der Waals surface area contributed by atoms with E-state index in [9.17, 15) is 19.2 Å². The molecule has 0 radical (unpaired) electrons. The quantitative estimate of drug-likeness (QED) is 0.446. The molecule has 0 unspecified atom stereocenters. The number of nitrogens with one attached hydrogen (secondary N) is 3. The van der Waals surface area contributed by atoms with Crippen molar-refractivity contribution in [2.24, 2.45) is 0 Å². The standard InChI is InChI=1S/C30H32N4O7/c1-17(2)28-21(9-11-26(35)33-28)30(38)34-14-22-25(15-34)41-20-7-4-18(5-8-20)13-31-27(36)16-40-24-12-19(29(37)32-22)6-10-23(24)39-3/h4-12,17,22,25H,13-16H2,1-3H3,(H,31,36)(H,32,37)(H,33,35)/t22-,25-/m0/s1. The molecule has 11 heteroatoms. The van der Waals surface area contributed by atoms with Gasteiger partial charge in [0.05, 0.1) is 25.3 Å². The van der Waals surface area contributed by atoms with E-state index >= 15 is 0 Å². The lowest BCUT2D eigenvalue weighted by Gasteiger charge is -2.21. The molecule has 3 aliphatic heterocycles. The molecule has 1 fully saturated rings. The van der Waals surface area contributed by atoms with Crippen LogP contribution in [0.15, 0.2) is 59.4 Å². The highest BCUT2D eigenvalue weighted by Crippen LogP contribution is 2.29. The Morgan fingerprint density at radius 1 is 1.02 bits per heavy atom. The highest BCUT2D eigenvalue weighted by molar-refractivity contribution is 5.97. The summed E-state index contributed by atoms with van der Waals surface area (Å²) in [6, 6.07) is 14.3. The van der Waals surface area contributed by atoms with Crippen molar-refractivity contribution < 1.29 is 28.6 Å². The summed E-state index contributed by atoms with van der Waals surface area (Å²) in [7, 11) is 1.47. The maximum absolute atomic E-state index is 13.7. The van der Waals surface area contributed by atoms with Crippen molar-refractivity contribution >= 4 is 17.7 Å². The van der Waals surface area contributed by atoms with Gasteiger partial charge in [-0.25, -0.2) is 0 Å². The van der Waals surface area contributed by atoms with E-state index in [1.807, 2.05) is 26.0 Å². The predicted molar refractivity (Wildman–Crippen MR) is 150 cm³/mol. The first-order valence-corrected chi connectivity index (χ1v) is 13.4. The van der Waals surface area contributed by atoms with Crippen molar-refractivity contribution in [3.05, 3.63) is 87.3 Å². The van der Waals surface area contributed by atoms with Gasteiger partial charge in [0, 0.05) is 30.4 Å². The van der Waals surface area contributed by atoms with Crippen molar-refractivity contribution in [1.82, 2.24) is 20.5 Å². The first-order chi connectivity index (χ1) is 19.7. The number of rotatable bonds is 3. The van der Waals surface area contributed by atoms with Crippen LogP contribution in [-0.4, -0.2) is 66.6 Å². The number of hydrogen-bond acceptors (Lipinski definition) is 7. The monoisotopic (exact) mass is 560 g/mol. The molecule has 214 valence electrons. The fraction of sp³-hybridized carbons (Fsp3) is 0.333. The Balaban J connectivity index is 1.47. The Hall–Kier alpha value is -4.80. The SMILES string of the molecule is COc1ccc2cc1OCC(=O)NCc1ccc(cc1)O[C@H]1CN(C(=O)c3ccc(=O)[nH]c3C(C)C)C[C@@H]1NC2=O. The lowest BCUT2D eigenvalue weighted by atomic mass is 10.0. The zero-order chi connectivity index (χ0) is 29.1. The van der Waals surface area contributed by atoms with Crippen LogP contribution in [0.3, 0.4) is 0 Å². The number of amides is 3. The number of pyridine rings is 1. The molecule has 1 saturated heterocycles. The normalized spacial score (nSPS) is 19.0. The molecule has 41 heavy (non-hydrogen) atoms. The van der Waals surface area contributed by atoms with Gasteiger partial charge in [-0.05, 0) is 47.9 Å². The molecule has 3 aliphatic rings. The molecule has 11 nitrogen and oxygen atoms in total. The van der Waals surface area contributed by atoms with Crippen LogP contribution < -0.4 is 30.4 Å². The molecule has 4 bridgehead atoms. The van der Waals surface area contributed by atoms with Crippen LogP contribution in [0.25, 0.3) is 0 Å². The van der Waals surface area contributed by atoms with E-state index in [0.717, 1.165) is 5.56 Å². The zero-order valence-electron chi connectivity index (χ0n) is 23.1. The number of ether oxygens (including phenoxy) is 3. The van der Waals surface area contributed by atoms with Crippen LogP contribution in [0.1, 0.15) is 51.7 Å². The Morgan fingerprint density at radius 3 is 2.54 bits per heavy atom. The van der Waals surface area contributed by atoms with Gasteiger partial charge in [0.2, 0.25) is 5.56 Å². The highest BCUT2D eigenvalue weighted by atomic mass is 16.5. The molecule has 1 aromatic heterocycles. The summed E-state index contributed by atoms with van der Waals surface area (Å²) in [5, 5.41) is 5.81. The molecule has 3 N–H and O–H groups in total. The lowest BCUT2D eigenvalue weighted by Crippen LogP contribution is -2.45. The van der Waals surface area contributed by atoms with E-state index < -0.39 is 18.1 Å². The molecule has 0 aliphatic carbocycles. The summed E-state index contributed by atoms with van der Waals surface area (Å²) in [5.41, 5.74) is 1.84. The maximum Gasteiger partial charge on any atom is 0.258 e. The number of fused-ring (bicyclic) bond motifs is 7. The van der Waals surface area contributed by atoms with Gasteiger partial charge in [0.15, 0.2) is 18.1 Å². The van der Waals surface area contributed by atoms with E-state index in [-0.39, 0.29) is 48.7 Å². The van der Waals surface area contributed by atoms with E-state index in [2.05, 4.69) is 15.6 Å². The van der Waals surface area contributed by atoms with Gasteiger partial charge in [-0.2, -0.15) is 0 Å². The van der Waals surface area contributed by atoms with Crippen LogP contribution in [0.2, 0.25) is 0 Å². The van der Waals surface area contributed by atoms with Gasteiger partial charge < -0.3 is 34.7 Å². The number of likely N-dealkylation sites (tertiary alicyclic amines) is 1. The topological polar surface area (TPSA) is 139 Å². The summed E-state index contributed by atoms with van der Waals surface area (Å²) >= 11 is 0. The Bertz CT molecular complexity index is 1520. The van der Waals surface area contributed by atoms with E-state index in [1.54, 1.807) is 35.2 Å². The minimum Gasteiger partial charge on any atom is -0.493 e. The van der Waals surface area contributed by atoms with Crippen LogP contribution in [0.4, 0.5) is 0 Å². The fourth-order valence-corrected chi connectivity index (χ4v) is 4.94. The number of hydrogen-bond donors (Lipinski definition) is 3. The van der Waals surface area contributed by atoms with Crippen molar-refractivity contribution in [2.75, 3.05) is 26.8 Å². The first kappa shape index (κ1) is 27.8. The lowest BCUT2D eigenvalue weighted by molar-refractivity contribution is -0.123. The largest absolute Gasteiger partial charge is 0.493 e. The number of methoxy groups -OCH3 is 1. The molecular weight excluding hydrogens is 528 g/mol. The summed E-state index contributed by atoms with van der Waals surface area (Å²) in [6.07, 6.45) is -0.552. The van der Waals surface area contributed by atoms with Gasteiger partial charge in [0.1, 0.15) is 11.9 Å². The number of aromatic amines is 1. The molecule has 0 spiro atoms. The zero-order valence-corrected chi connectivity index (χ0v) is 23.1. The average molecular weight is 561 g/mol. The second-order valence-electron chi connectivity index (χ2n) is 10.3. The van der Waals surface area contributed by atoms with Crippen LogP contribution in [0, 0.1) is 0 Å². The van der Waals surface area contributed by atoms with Gasteiger partial charge >= 0.3 is 0 Å². The molecule has 3 aromatic rings. The number of aromatic nitrogens is 1. The Labute approximate surface area is 236 Å². The van der Waals surface area contributed by atoms with Crippen molar-refractivity contribution in [1.29, 1.82) is 0 Å². The minimum atomic E-state index is -0.552. The predicted octanol–water partition coefficient (Wildman–Crippen LogP) is 2.22. The Morgan fingerprint density at radius 2 is 1.80 bits per heavy atom. The molecule has 4 heterocycles. The van der Waals surface area contributed by atoms with Crippen LogP contribution >= 0.6 is 0 Å². The van der Waals surface area contributed by atoms with Gasteiger partial charge in [-0.15, -0.1) is 0 Å². The highest BCUT2D eigenvalue weighted by Gasteiger charge is 2.39. The van der Waals surface area contributed by atoms with Crippen molar-refractivity contribution in [3.8, 4) is 17.2 Å². The van der Waals surface area contributed by atoms with Gasteiger partial charge in [-0.1, -0.05) is 26.0 Å². The number of nitrogens with zero attached hydrogens (tertiary/aromatic N) is 1. The number of carbonyl (C=O) groups is 3. The molecule has 3 amide bonds. The number of H-pyrrole nitrogens is 1. The number of carbonyl (C=O) groups excluding carboxylic acids is 3. The van der Waals surface area contributed by atoms with Crippen molar-refractivity contribution in [2.45, 2.75) is 38.5 Å². The van der Waals surface area contributed by atoms with E-state index in [4.69, 9.17) is 14.2 Å². The molecule has 0 saturated carbocycles. The van der Waals surface area contributed by atoms with Gasteiger partial charge in [-0.3, -0.25) is 19.2 Å². The van der Waals surface area contributed by atoms with Crippen LogP contribution in [0.5, 0.6) is 17.2 Å². The molecule has 2 aromatic carbocycles. The Kier molecular flexibility index (Phi) is 7.95. The second-order valence-corrected chi connectivity index (χ2v) is 10.3.